The summed E-state index contributed by atoms with van der Waals surface area (Å²) in [6.07, 6.45) is -1.30. The highest BCUT2D eigenvalue weighted by atomic mass is 19.4. The van der Waals surface area contributed by atoms with Crippen LogP contribution in [-0.4, -0.2) is 27.6 Å². The van der Waals surface area contributed by atoms with Gasteiger partial charge in [-0.05, 0) is 13.0 Å². The second-order valence-electron chi connectivity index (χ2n) is 7.76. The summed E-state index contributed by atoms with van der Waals surface area (Å²) in [6, 6.07) is 1.04. The number of nitrogen functional groups attached to an aromatic ring is 1. The first kappa shape index (κ1) is 17.3. The third-order valence-electron chi connectivity index (χ3n) is 5.89. The summed E-state index contributed by atoms with van der Waals surface area (Å²) in [6.45, 7) is 8.24. The number of halogens is 3. The lowest BCUT2D eigenvalue weighted by Gasteiger charge is -2.21. The van der Waals surface area contributed by atoms with Crippen LogP contribution in [0.1, 0.15) is 38.1 Å². The standard InChI is InChI=1S/C18H22F3N5/c1-9(2)16-25-14(8-26(16)17(3)12-6-23-7-13(12)17)10-4-11(18(19,20)21)15(22)24-5-10/h4-5,8-9,12-13,23H,6-7H2,1-3H3,(H2,22,24)/t12-,13+,17?. The zero-order valence-electron chi connectivity index (χ0n) is 14.9. The van der Waals surface area contributed by atoms with Crippen molar-refractivity contribution >= 4 is 5.82 Å². The van der Waals surface area contributed by atoms with Gasteiger partial charge in [-0.2, -0.15) is 13.2 Å². The molecule has 1 aliphatic heterocycles. The van der Waals surface area contributed by atoms with Crippen molar-refractivity contribution in [1.29, 1.82) is 0 Å². The molecule has 1 unspecified atom stereocenters. The van der Waals surface area contributed by atoms with Gasteiger partial charge >= 0.3 is 6.18 Å². The van der Waals surface area contributed by atoms with Gasteiger partial charge in [-0.15, -0.1) is 0 Å². The highest BCUT2D eigenvalue weighted by molar-refractivity contribution is 5.62. The Morgan fingerprint density at radius 1 is 1.31 bits per heavy atom. The average molecular weight is 365 g/mol. The fraction of sp³-hybridized carbons (Fsp3) is 0.556. The molecule has 0 bridgehead atoms. The van der Waals surface area contributed by atoms with E-state index in [9.17, 15) is 13.2 Å². The summed E-state index contributed by atoms with van der Waals surface area (Å²) in [5, 5.41) is 3.38. The van der Waals surface area contributed by atoms with Crippen molar-refractivity contribution in [1.82, 2.24) is 19.9 Å². The molecule has 2 aromatic heterocycles. The van der Waals surface area contributed by atoms with Crippen LogP contribution >= 0.6 is 0 Å². The number of imidazole rings is 1. The minimum atomic E-state index is -4.54. The predicted molar refractivity (Wildman–Crippen MR) is 92.5 cm³/mol. The van der Waals surface area contributed by atoms with Crippen LogP contribution in [0.5, 0.6) is 0 Å². The van der Waals surface area contributed by atoms with E-state index in [2.05, 4.69) is 26.8 Å². The number of nitrogens with one attached hydrogen (secondary N) is 1. The van der Waals surface area contributed by atoms with Crippen LogP contribution in [0.15, 0.2) is 18.5 Å². The lowest BCUT2D eigenvalue weighted by atomic mass is 10.1. The fourth-order valence-electron chi connectivity index (χ4n) is 4.30. The molecule has 2 aromatic rings. The van der Waals surface area contributed by atoms with Crippen molar-refractivity contribution in [3.05, 3.63) is 29.8 Å². The topological polar surface area (TPSA) is 68.8 Å². The van der Waals surface area contributed by atoms with Crippen molar-refractivity contribution in [3.63, 3.8) is 0 Å². The number of nitrogens with zero attached hydrogens (tertiary/aromatic N) is 3. The fourth-order valence-corrected chi connectivity index (χ4v) is 4.30. The first-order valence-corrected chi connectivity index (χ1v) is 8.77. The van der Waals surface area contributed by atoms with Gasteiger partial charge in [-0.3, -0.25) is 0 Å². The summed E-state index contributed by atoms with van der Waals surface area (Å²) in [7, 11) is 0. The molecule has 3 N–H and O–H groups in total. The van der Waals surface area contributed by atoms with Crippen LogP contribution < -0.4 is 11.1 Å². The number of piperidine rings is 1. The van der Waals surface area contributed by atoms with Crippen molar-refractivity contribution in [2.45, 2.75) is 38.4 Å². The van der Waals surface area contributed by atoms with Crippen molar-refractivity contribution < 1.29 is 13.2 Å². The van der Waals surface area contributed by atoms with Gasteiger partial charge in [0.05, 0.1) is 16.8 Å². The predicted octanol–water partition coefficient (Wildman–Crippen LogP) is 3.23. The number of nitrogens with two attached hydrogens (primary N) is 1. The molecule has 1 saturated carbocycles. The quantitative estimate of drug-likeness (QED) is 0.876. The van der Waals surface area contributed by atoms with E-state index in [1.54, 1.807) is 0 Å². The lowest BCUT2D eigenvalue weighted by Crippen LogP contribution is -2.29. The van der Waals surface area contributed by atoms with Crippen LogP contribution in [-0.2, 0) is 11.7 Å². The number of pyridine rings is 1. The van der Waals surface area contributed by atoms with E-state index in [-0.39, 0.29) is 11.5 Å². The minimum Gasteiger partial charge on any atom is -0.383 e. The first-order chi connectivity index (χ1) is 12.1. The number of anilines is 1. The summed E-state index contributed by atoms with van der Waals surface area (Å²) in [4.78, 5) is 8.40. The second kappa shape index (κ2) is 5.45. The zero-order valence-corrected chi connectivity index (χ0v) is 14.9. The molecule has 26 heavy (non-hydrogen) atoms. The molecular formula is C18H22F3N5. The molecule has 1 saturated heterocycles. The first-order valence-electron chi connectivity index (χ1n) is 8.77. The van der Waals surface area contributed by atoms with Gasteiger partial charge in [0.2, 0.25) is 0 Å². The average Bonchev–Trinajstić information content (AvgIpc) is 3.00. The monoisotopic (exact) mass is 365 g/mol. The third kappa shape index (κ3) is 2.42. The van der Waals surface area contributed by atoms with Crippen LogP contribution in [0.2, 0.25) is 0 Å². The van der Waals surface area contributed by atoms with Gasteiger partial charge in [-0.25, -0.2) is 9.97 Å². The van der Waals surface area contributed by atoms with E-state index in [1.807, 2.05) is 20.0 Å². The Morgan fingerprint density at radius 2 is 1.96 bits per heavy atom. The number of hydrogen-bond acceptors (Lipinski definition) is 4. The van der Waals surface area contributed by atoms with E-state index >= 15 is 0 Å². The van der Waals surface area contributed by atoms with Crippen molar-refractivity contribution in [2.75, 3.05) is 18.8 Å². The molecule has 5 nitrogen and oxygen atoms in total. The maximum atomic E-state index is 13.2. The summed E-state index contributed by atoms with van der Waals surface area (Å²) in [5.74, 6) is 1.62. The van der Waals surface area contributed by atoms with Gasteiger partial charge in [0, 0.05) is 48.8 Å². The Kier molecular flexibility index (Phi) is 3.63. The van der Waals surface area contributed by atoms with Crippen LogP contribution in [0, 0.1) is 11.8 Å². The maximum absolute atomic E-state index is 13.2. The van der Waals surface area contributed by atoms with Gasteiger partial charge in [0.25, 0.3) is 0 Å². The highest BCUT2D eigenvalue weighted by Gasteiger charge is 2.65. The minimum absolute atomic E-state index is 0.0236. The zero-order chi connectivity index (χ0) is 18.9. The lowest BCUT2D eigenvalue weighted by molar-refractivity contribution is -0.137. The van der Waals surface area contributed by atoms with Crippen molar-refractivity contribution in [2.24, 2.45) is 11.8 Å². The molecule has 2 aliphatic rings. The molecule has 8 heteroatoms. The largest absolute Gasteiger partial charge is 0.419 e. The molecule has 0 spiro atoms. The molecule has 0 aromatic carbocycles. The van der Waals surface area contributed by atoms with E-state index in [1.165, 1.54) is 6.20 Å². The Bertz CT molecular complexity index is 845. The van der Waals surface area contributed by atoms with Gasteiger partial charge in [0.15, 0.2) is 0 Å². The number of rotatable bonds is 3. The van der Waals surface area contributed by atoms with Gasteiger partial charge < -0.3 is 15.6 Å². The molecule has 0 amide bonds. The summed E-state index contributed by atoms with van der Waals surface area (Å²) in [5.41, 5.74) is 5.31. The van der Waals surface area contributed by atoms with E-state index in [4.69, 9.17) is 5.73 Å². The summed E-state index contributed by atoms with van der Waals surface area (Å²) >= 11 is 0. The molecule has 3 heterocycles. The highest BCUT2D eigenvalue weighted by Crippen LogP contribution is 2.59. The molecule has 0 radical (unpaired) electrons. The SMILES string of the molecule is CC(C)c1nc(-c2cnc(N)c(C(F)(F)F)c2)cn1C1(C)[C@@H]2CNC[C@@H]21. The number of alkyl halides is 3. The molecule has 1 aliphatic carbocycles. The van der Waals surface area contributed by atoms with E-state index in [0.29, 0.717) is 23.1 Å². The molecule has 2 fully saturated rings. The van der Waals surface area contributed by atoms with E-state index < -0.39 is 17.6 Å². The number of fused-ring (bicyclic) bond motifs is 1. The number of hydrogen-bond donors (Lipinski definition) is 2. The molecular weight excluding hydrogens is 343 g/mol. The van der Waals surface area contributed by atoms with Crippen LogP contribution in [0.3, 0.4) is 0 Å². The normalized spacial score (nSPS) is 27.8. The number of aromatic nitrogens is 3. The van der Waals surface area contributed by atoms with Gasteiger partial charge in [0.1, 0.15) is 11.6 Å². The smallest absolute Gasteiger partial charge is 0.383 e. The van der Waals surface area contributed by atoms with Crippen LogP contribution in [0.4, 0.5) is 19.0 Å². The Balaban J connectivity index is 1.79. The maximum Gasteiger partial charge on any atom is 0.419 e. The molecule has 3 atom stereocenters. The summed E-state index contributed by atoms with van der Waals surface area (Å²) < 4.78 is 41.7. The second-order valence-corrected chi connectivity index (χ2v) is 7.76. The third-order valence-corrected chi connectivity index (χ3v) is 5.89. The molecule has 140 valence electrons. The Labute approximate surface area is 149 Å². The Hall–Kier alpha value is -2.09. The Morgan fingerprint density at radius 3 is 2.54 bits per heavy atom. The van der Waals surface area contributed by atoms with E-state index in [0.717, 1.165) is 25.0 Å². The van der Waals surface area contributed by atoms with Crippen molar-refractivity contribution in [3.8, 4) is 11.3 Å². The van der Waals surface area contributed by atoms with Crippen LogP contribution in [0.25, 0.3) is 11.3 Å². The molecule has 4 rings (SSSR count). The van der Waals surface area contributed by atoms with Gasteiger partial charge in [-0.1, -0.05) is 13.8 Å².